The van der Waals surface area contributed by atoms with E-state index in [9.17, 15) is 0 Å². The fourth-order valence-electron chi connectivity index (χ4n) is 2.09. The maximum atomic E-state index is 4.65. The minimum absolute atomic E-state index is 0.977. The Balaban J connectivity index is 2.41. The molecule has 0 unspecified atom stereocenters. The predicted octanol–water partition coefficient (Wildman–Crippen LogP) is 3.81. The van der Waals surface area contributed by atoms with Crippen molar-refractivity contribution in [1.82, 2.24) is 4.98 Å². The van der Waals surface area contributed by atoms with E-state index in [1.807, 2.05) is 43.3 Å². The van der Waals surface area contributed by atoms with Crippen molar-refractivity contribution in [2.24, 2.45) is 5.10 Å². The predicted molar refractivity (Wildman–Crippen MR) is 77.0 cm³/mol. The van der Waals surface area contributed by atoms with Crippen molar-refractivity contribution < 1.29 is 0 Å². The molecule has 0 spiro atoms. The van der Waals surface area contributed by atoms with Crippen LogP contribution in [0.2, 0.25) is 0 Å². The summed E-state index contributed by atoms with van der Waals surface area (Å²) in [7, 11) is 0. The van der Waals surface area contributed by atoms with Gasteiger partial charge in [-0.15, -0.1) is 0 Å². The fraction of sp³-hybridized carbons (Fsp3) is 0.0667. The first kappa shape index (κ1) is 10.7. The van der Waals surface area contributed by atoms with Gasteiger partial charge in [-0.05, 0) is 19.1 Å². The van der Waals surface area contributed by atoms with Gasteiger partial charge < -0.3 is 0 Å². The largest absolute Gasteiger partial charge is 0.277 e. The first-order valence-corrected chi connectivity index (χ1v) is 5.91. The highest BCUT2D eigenvalue weighted by Gasteiger charge is 2.07. The Morgan fingerprint density at radius 1 is 0.944 bits per heavy atom. The van der Waals surface area contributed by atoms with Crippen LogP contribution in [0.3, 0.4) is 0 Å². The molecule has 3 heteroatoms. The van der Waals surface area contributed by atoms with Crippen LogP contribution in [0.4, 0.5) is 5.69 Å². The summed E-state index contributed by atoms with van der Waals surface area (Å²) < 4.78 is 0. The fourth-order valence-corrected chi connectivity index (χ4v) is 2.09. The van der Waals surface area contributed by atoms with E-state index in [2.05, 4.69) is 27.6 Å². The van der Waals surface area contributed by atoms with Crippen LogP contribution in [0, 0.1) is 0 Å². The lowest BCUT2D eigenvalue weighted by Crippen LogP contribution is -1.93. The number of nitrogens with one attached hydrogen (secondary N) is 1. The average Bonchev–Trinajstić information content (AvgIpc) is 2.43. The Morgan fingerprint density at radius 2 is 1.50 bits per heavy atom. The average molecular weight is 235 g/mol. The molecule has 0 fully saturated rings. The number of rotatable bonds is 2. The molecular formula is C15H13N3. The Hall–Kier alpha value is -2.42. The Morgan fingerprint density at radius 3 is 2.06 bits per heavy atom. The molecule has 0 aliphatic heterocycles. The third-order valence-corrected chi connectivity index (χ3v) is 2.89. The molecule has 3 nitrogen and oxygen atoms in total. The van der Waals surface area contributed by atoms with E-state index < -0.39 is 0 Å². The molecule has 1 N–H and O–H groups in total. The Kier molecular flexibility index (Phi) is 2.65. The van der Waals surface area contributed by atoms with Crippen molar-refractivity contribution in [1.29, 1.82) is 0 Å². The monoisotopic (exact) mass is 235 g/mol. The van der Waals surface area contributed by atoms with E-state index in [-0.39, 0.29) is 0 Å². The molecule has 2 aromatic carbocycles. The summed E-state index contributed by atoms with van der Waals surface area (Å²) in [6, 6.07) is 16.2. The lowest BCUT2D eigenvalue weighted by molar-refractivity contribution is 1.36. The van der Waals surface area contributed by atoms with Crippen LogP contribution in [0.15, 0.2) is 53.6 Å². The third-order valence-electron chi connectivity index (χ3n) is 2.89. The number of hydrogen-bond donors (Lipinski definition) is 1. The molecule has 18 heavy (non-hydrogen) atoms. The number of benzene rings is 2. The molecule has 88 valence electrons. The van der Waals surface area contributed by atoms with Gasteiger partial charge in [-0.2, -0.15) is 5.10 Å². The van der Waals surface area contributed by atoms with Crippen LogP contribution in [0.1, 0.15) is 6.92 Å². The highest BCUT2D eigenvalue weighted by molar-refractivity contribution is 6.07. The zero-order valence-corrected chi connectivity index (χ0v) is 10.1. The van der Waals surface area contributed by atoms with Crippen LogP contribution in [0.25, 0.3) is 21.8 Å². The highest BCUT2D eigenvalue weighted by atomic mass is 15.3. The molecular weight excluding hydrogens is 222 g/mol. The Bertz CT molecular complexity index is 678. The number of para-hydroxylation sites is 2. The van der Waals surface area contributed by atoms with E-state index in [4.69, 9.17) is 0 Å². The molecule has 0 atom stereocenters. The van der Waals surface area contributed by atoms with Gasteiger partial charge in [0.15, 0.2) is 0 Å². The maximum Gasteiger partial charge on any atom is 0.0749 e. The summed E-state index contributed by atoms with van der Waals surface area (Å²) in [5.41, 5.74) is 6.07. The van der Waals surface area contributed by atoms with Crippen molar-refractivity contribution in [3.63, 3.8) is 0 Å². The second-order valence-corrected chi connectivity index (χ2v) is 4.02. The number of fused-ring (bicyclic) bond motifs is 2. The number of pyridine rings is 1. The summed E-state index contributed by atoms with van der Waals surface area (Å²) in [4.78, 5) is 4.65. The summed E-state index contributed by atoms with van der Waals surface area (Å²) in [6.07, 6.45) is 1.74. The maximum absolute atomic E-state index is 4.65. The first-order chi connectivity index (χ1) is 8.90. The molecule has 0 aliphatic carbocycles. The number of hydrazone groups is 1. The molecule has 0 saturated carbocycles. The van der Waals surface area contributed by atoms with Crippen molar-refractivity contribution in [2.75, 3.05) is 5.43 Å². The van der Waals surface area contributed by atoms with Gasteiger partial charge in [-0.25, -0.2) is 4.98 Å². The van der Waals surface area contributed by atoms with Crippen molar-refractivity contribution in [2.45, 2.75) is 6.92 Å². The molecule has 1 aromatic heterocycles. The normalized spacial score (nSPS) is 11.4. The van der Waals surface area contributed by atoms with Gasteiger partial charge in [-0.3, -0.25) is 5.43 Å². The van der Waals surface area contributed by atoms with Crippen LogP contribution >= 0.6 is 0 Å². The molecule has 1 heterocycles. The van der Waals surface area contributed by atoms with E-state index in [1.54, 1.807) is 6.21 Å². The summed E-state index contributed by atoms with van der Waals surface area (Å²) in [5, 5.41) is 6.31. The molecule has 0 saturated heterocycles. The highest BCUT2D eigenvalue weighted by Crippen LogP contribution is 2.30. The summed E-state index contributed by atoms with van der Waals surface area (Å²) in [5.74, 6) is 0. The quantitative estimate of drug-likeness (QED) is 0.416. The standard InChI is InChI=1S/C15H13N3/c1-2-16-18-15-11-7-3-5-9-13(11)17-14-10-6-4-8-12(14)15/h2-10H,1H3,(H,17,18)/b16-2-. The van der Waals surface area contributed by atoms with Gasteiger partial charge in [0.05, 0.1) is 16.7 Å². The zero-order chi connectivity index (χ0) is 12.4. The topological polar surface area (TPSA) is 37.3 Å². The van der Waals surface area contributed by atoms with Gasteiger partial charge in [0.25, 0.3) is 0 Å². The van der Waals surface area contributed by atoms with Crippen molar-refractivity contribution >= 4 is 33.7 Å². The number of aromatic nitrogens is 1. The molecule has 3 rings (SSSR count). The van der Waals surface area contributed by atoms with Gasteiger partial charge in [-0.1, -0.05) is 36.4 Å². The van der Waals surface area contributed by atoms with Gasteiger partial charge in [0, 0.05) is 17.0 Å². The minimum atomic E-state index is 0.977. The zero-order valence-electron chi connectivity index (χ0n) is 10.1. The smallest absolute Gasteiger partial charge is 0.0749 e. The number of anilines is 1. The lowest BCUT2D eigenvalue weighted by Gasteiger charge is -2.09. The van der Waals surface area contributed by atoms with Crippen LogP contribution in [-0.2, 0) is 0 Å². The molecule has 0 aliphatic rings. The van der Waals surface area contributed by atoms with Crippen molar-refractivity contribution in [3.05, 3.63) is 48.5 Å². The third kappa shape index (κ3) is 1.70. The molecule has 0 bridgehead atoms. The first-order valence-electron chi connectivity index (χ1n) is 5.91. The van der Waals surface area contributed by atoms with Crippen LogP contribution in [0.5, 0.6) is 0 Å². The van der Waals surface area contributed by atoms with Gasteiger partial charge in [0.1, 0.15) is 0 Å². The van der Waals surface area contributed by atoms with E-state index in [1.165, 1.54) is 0 Å². The van der Waals surface area contributed by atoms with E-state index >= 15 is 0 Å². The number of hydrogen-bond acceptors (Lipinski definition) is 3. The lowest BCUT2D eigenvalue weighted by atomic mass is 10.1. The number of nitrogens with zero attached hydrogens (tertiary/aromatic N) is 2. The van der Waals surface area contributed by atoms with Crippen LogP contribution in [-0.4, -0.2) is 11.2 Å². The molecule has 3 aromatic rings. The van der Waals surface area contributed by atoms with Gasteiger partial charge >= 0.3 is 0 Å². The van der Waals surface area contributed by atoms with Gasteiger partial charge in [0.2, 0.25) is 0 Å². The van der Waals surface area contributed by atoms with Crippen molar-refractivity contribution in [3.8, 4) is 0 Å². The minimum Gasteiger partial charge on any atom is -0.277 e. The molecule has 0 radical (unpaired) electrons. The molecule has 0 amide bonds. The SMILES string of the molecule is C/C=N\Nc1c2ccccc2nc2ccccc12. The Labute approximate surface area is 105 Å². The van der Waals surface area contributed by atoms with E-state index in [0.29, 0.717) is 0 Å². The van der Waals surface area contributed by atoms with E-state index in [0.717, 1.165) is 27.5 Å². The summed E-state index contributed by atoms with van der Waals surface area (Å²) >= 11 is 0. The van der Waals surface area contributed by atoms with Crippen LogP contribution < -0.4 is 5.43 Å². The summed E-state index contributed by atoms with van der Waals surface area (Å²) in [6.45, 7) is 1.89. The second kappa shape index (κ2) is 4.45. The second-order valence-electron chi connectivity index (χ2n) is 4.02.